The molecule has 0 bridgehead atoms. The van der Waals surface area contributed by atoms with Crippen LogP contribution in [0.25, 0.3) is 0 Å². The number of nitrogens with zero attached hydrogens (tertiary/aromatic N) is 3. The Morgan fingerprint density at radius 3 is 2.36 bits per heavy atom. The molecule has 114 valence electrons. The van der Waals surface area contributed by atoms with Crippen molar-refractivity contribution in [1.29, 1.82) is 0 Å². The molecule has 1 aromatic carbocycles. The van der Waals surface area contributed by atoms with E-state index in [4.69, 9.17) is 5.73 Å². The maximum Gasteiger partial charge on any atom is 0.153 e. The Morgan fingerprint density at radius 2 is 1.77 bits per heavy atom. The van der Waals surface area contributed by atoms with Gasteiger partial charge in [-0.1, -0.05) is 45.0 Å². The fourth-order valence-corrected chi connectivity index (χ4v) is 1.96. The van der Waals surface area contributed by atoms with Crippen LogP contribution in [0.15, 0.2) is 59.0 Å². The van der Waals surface area contributed by atoms with Gasteiger partial charge in [-0.2, -0.15) is 5.10 Å². The summed E-state index contributed by atoms with van der Waals surface area (Å²) in [6.45, 7) is 6.69. The highest BCUT2D eigenvalue weighted by Crippen LogP contribution is 2.26. The van der Waals surface area contributed by atoms with Gasteiger partial charge >= 0.3 is 0 Å². The lowest BCUT2D eigenvalue weighted by atomic mass is 9.82. The van der Waals surface area contributed by atoms with Gasteiger partial charge < -0.3 is 5.73 Å². The first-order valence-corrected chi connectivity index (χ1v) is 7.40. The van der Waals surface area contributed by atoms with Gasteiger partial charge in [-0.25, -0.2) is 0 Å². The van der Waals surface area contributed by atoms with Crippen LogP contribution < -0.4 is 5.73 Å². The lowest BCUT2D eigenvalue weighted by Crippen LogP contribution is -2.15. The molecule has 0 radical (unpaired) electrons. The zero-order valence-corrected chi connectivity index (χ0v) is 13.3. The van der Waals surface area contributed by atoms with Crippen molar-refractivity contribution >= 4 is 12.1 Å². The average Bonchev–Trinajstić information content (AvgIpc) is 2.56. The smallest absolute Gasteiger partial charge is 0.153 e. The van der Waals surface area contributed by atoms with E-state index in [9.17, 15) is 0 Å². The molecule has 22 heavy (non-hydrogen) atoms. The number of nitrogens with two attached hydrogens (primary N) is 1. The first-order valence-electron chi connectivity index (χ1n) is 7.40. The molecule has 2 N–H and O–H groups in total. The third-order valence-corrected chi connectivity index (χ3v) is 3.92. The summed E-state index contributed by atoms with van der Waals surface area (Å²) in [4.78, 5) is 3.94. The molecule has 0 unspecified atom stereocenters. The van der Waals surface area contributed by atoms with Crippen LogP contribution in [-0.2, 0) is 5.41 Å². The highest BCUT2D eigenvalue weighted by molar-refractivity contribution is 5.97. The fourth-order valence-electron chi connectivity index (χ4n) is 1.96. The van der Waals surface area contributed by atoms with Gasteiger partial charge in [0.05, 0.1) is 6.21 Å². The van der Waals surface area contributed by atoms with E-state index in [1.807, 2.05) is 12.1 Å². The summed E-state index contributed by atoms with van der Waals surface area (Å²) in [5.41, 5.74) is 9.20. The Kier molecular flexibility index (Phi) is 5.04. The lowest BCUT2D eigenvalue weighted by Gasteiger charge is -2.23. The molecule has 0 aliphatic rings. The number of aromatic nitrogens is 1. The van der Waals surface area contributed by atoms with Gasteiger partial charge in [-0.15, -0.1) is 5.10 Å². The number of hydrogen-bond acceptors (Lipinski definition) is 3. The Bertz CT molecular complexity index is 655. The van der Waals surface area contributed by atoms with Crippen LogP contribution in [0.5, 0.6) is 0 Å². The zero-order chi connectivity index (χ0) is 16.0. The maximum absolute atomic E-state index is 5.87. The van der Waals surface area contributed by atoms with Crippen LogP contribution in [0.3, 0.4) is 0 Å². The molecule has 4 heteroatoms. The van der Waals surface area contributed by atoms with E-state index in [2.05, 4.69) is 48.1 Å². The summed E-state index contributed by atoms with van der Waals surface area (Å²) in [6, 6.07) is 12.0. The van der Waals surface area contributed by atoms with Crippen molar-refractivity contribution in [3.63, 3.8) is 0 Å². The molecule has 1 aromatic heterocycles. The summed E-state index contributed by atoms with van der Waals surface area (Å²) >= 11 is 0. The molecular formula is C18H22N4. The molecule has 0 spiro atoms. The van der Waals surface area contributed by atoms with E-state index in [-0.39, 0.29) is 5.41 Å². The van der Waals surface area contributed by atoms with Crippen LogP contribution in [0.1, 0.15) is 43.9 Å². The minimum atomic E-state index is 0.194. The van der Waals surface area contributed by atoms with E-state index < -0.39 is 0 Å². The molecule has 2 rings (SSSR count). The Morgan fingerprint density at radius 1 is 1.14 bits per heavy atom. The Balaban J connectivity index is 2.08. The van der Waals surface area contributed by atoms with E-state index in [0.717, 1.165) is 17.5 Å². The van der Waals surface area contributed by atoms with E-state index in [1.54, 1.807) is 30.7 Å². The van der Waals surface area contributed by atoms with Crippen molar-refractivity contribution in [2.45, 2.75) is 32.6 Å². The second-order valence-electron chi connectivity index (χ2n) is 5.83. The summed E-state index contributed by atoms with van der Waals surface area (Å²) < 4.78 is 0. The van der Waals surface area contributed by atoms with Crippen molar-refractivity contribution < 1.29 is 0 Å². The summed E-state index contributed by atoms with van der Waals surface area (Å²) in [5, 5.41) is 8.06. The number of amidine groups is 1. The van der Waals surface area contributed by atoms with Crippen LogP contribution in [0, 0.1) is 0 Å². The molecular weight excluding hydrogens is 272 g/mol. The second kappa shape index (κ2) is 6.98. The van der Waals surface area contributed by atoms with Crippen molar-refractivity contribution in [3.05, 3.63) is 65.5 Å². The normalized spacial score (nSPS) is 12.8. The van der Waals surface area contributed by atoms with Gasteiger partial charge in [0.1, 0.15) is 0 Å². The molecule has 0 aliphatic heterocycles. The van der Waals surface area contributed by atoms with Crippen molar-refractivity contribution in [3.8, 4) is 0 Å². The van der Waals surface area contributed by atoms with Crippen molar-refractivity contribution in [2.24, 2.45) is 15.9 Å². The SMILES string of the molecule is CCC(C)(C)c1ccc(/C=N/N=C(\N)c2ccncc2)cc1. The number of pyridine rings is 1. The van der Waals surface area contributed by atoms with E-state index >= 15 is 0 Å². The van der Waals surface area contributed by atoms with Gasteiger partial charge in [0.15, 0.2) is 5.84 Å². The summed E-state index contributed by atoms with van der Waals surface area (Å²) in [7, 11) is 0. The molecule has 4 nitrogen and oxygen atoms in total. The zero-order valence-electron chi connectivity index (χ0n) is 13.3. The largest absolute Gasteiger partial charge is 0.382 e. The summed E-state index contributed by atoms with van der Waals surface area (Å²) in [6.07, 6.45) is 6.16. The highest BCUT2D eigenvalue weighted by atomic mass is 15.2. The van der Waals surface area contributed by atoms with Crippen molar-refractivity contribution in [2.75, 3.05) is 0 Å². The molecule has 0 aliphatic carbocycles. The summed E-state index contributed by atoms with van der Waals surface area (Å²) in [5.74, 6) is 0.377. The van der Waals surface area contributed by atoms with Crippen LogP contribution in [-0.4, -0.2) is 17.0 Å². The quantitative estimate of drug-likeness (QED) is 0.521. The Hall–Kier alpha value is -2.49. The molecule has 0 saturated heterocycles. The minimum Gasteiger partial charge on any atom is -0.382 e. The van der Waals surface area contributed by atoms with Gasteiger partial charge in [0.25, 0.3) is 0 Å². The number of hydrogen-bond donors (Lipinski definition) is 1. The number of rotatable bonds is 5. The molecule has 0 amide bonds. The molecule has 0 atom stereocenters. The third-order valence-electron chi connectivity index (χ3n) is 3.92. The van der Waals surface area contributed by atoms with Gasteiger partial charge in [0, 0.05) is 18.0 Å². The third kappa shape index (κ3) is 4.01. The first-order chi connectivity index (χ1) is 10.5. The minimum absolute atomic E-state index is 0.194. The molecule has 1 heterocycles. The van der Waals surface area contributed by atoms with Crippen molar-refractivity contribution in [1.82, 2.24) is 4.98 Å². The number of benzene rings is 1. The molecule has 0 fully saturated rings. The lowest BCUT2D eigenvalue weighted by molar-refractivity contribution is 0.506. The predicted octanol–water partition coefficient (Wildman–Crippen LogP) is 3.51. The van der Waals surface area contributed by atoms with E-state index in [0.29, 0.717) is 5.84 Å². The average molecular weight is 294 g/mol. The van der Waals surface area contributed by atoms with Gasteiger partial charge in [-0.05, 0) is 35.1 Å². The topological polar surface area (TPSA) is 63.6 Å². The van der Waals surface area contributed by atoms with Crippen LogP contribution in [0.2, 0.25) is 0 Å². The monoisotopic (exact) mass is 294 g/mol. The standard InChI is InChI=1S/C18H22N4/c1-4-18(2,3)16-7-5-14(6-8-16)13-21-22-17(19)15-9-11-20-12-10-15/h5-13H,4H2,1-3H3,(H2,19,22)/b21-13+. The Labute approximate surface area is 131 Å². The van der Waals surface area contributed by atoms with Gasteiger partial charge in [0.2, 0.25) is 0 Å². The molecule has 0 saturated carbocycles. The van der Waals surface area contributed by atoms with E-state index in [1.165, 1.54) is 5.56 Å². The highest BCUT2D eigenvalue weighted by Gasteiger charge is 2.17. The predicted molar refractivity (Wildman–Crippen MR) is 92.3 cm³/mol. The van der Waals surface area contributed by atoms with Gasteiger partial charge in [-0.3, -0.25) is 4.98 Å². The maximum atomic E-state index is 5.87. The van der Waals surface area contributed by atoms with Crippen LogP contribution in [0.4, 0.5) is 0 Å². The molecule has 2 aromatic rings. The second-order valence-corrected chi connectivity index (χ2v) is 5.83. The fraction of sp³-hybridized carbons (Fsp3) is 0.278. The van der Waals surface area contributed by atoms with Crippen LogP contribution >= 0.6 is 0 Å². The first kappa shape index (κ1) is 15.9.